The molecular formula is C25H32N2O4. The van der Waals surface area contributed by atoms with Crippen molar-refractivity contribution < 1.29 is 19.4 Å². The van der Waals surface area contributed by atoms with Gasteiger partial charge >= 0.3 is 0 Å². The van der Waals surface area contributed by atoms with Gasteiger partial charge in [0.2, 0.25) is 5.91 Å². The number of carbonyl (C=O) groups excluding carboxylic acids is 1. The van der Waals surface area contributed by atoms with Crippen LogP contribution in [0.15, 0.2) is 30.6 Å². The molecule has 1 fully saturated rings. The first-order valence-corrected chi connectivity index (χ1v) is 11.2. The Labute approximate surface area is 184 Å². The number of ether oxygens (including phenoxy) is 2. The van der Waals surface area contributed by atoms with Crippen molar-refractivity contribution in [1.29, 1.82) is 0 Å². The minimum absolute atomic E-state index is 0.102. The molecule has 1 amide bonds. The van der Waals surface area contributed by atoms with Crippen molar-refractivity contribution in [1.82, 2.24) is 9.88 Å². The molecule has 3 atom stereocenters. The van der Waals surface area contributed by atoms with Gasteiger partial charge in [0.15, 0.2) is 0 Å². The highest BCUT2D eigenvalue weighted by Gasteiger charge is 2.38. The molecule has 1 aliphatic heterocycles. The van der Waals surface area contributed by atoms with Gasteiger partial charge in [0, 0.05) is 42.9 Å². The number of hydrogen-bond donors (Lipinski definition) is 1. The lowest BCUT2D eigenvalue weighted by molar-refractivity contribution is -0.143. The van der Waals surface area contributed by atoms with Crippen molar-refractivity contribution in [3.8, 4) is 5.75 Å². The third kappa shape index (κ3) is 4.46. The molecule has 6 nitrogen and oxygen atoms in total. The van der Waals surface area contributed by atoms with Crippen molar-refractivity contribution in [3.05, 3.63) is 58.4 Å². The Hall–Kier alpha value is -2.44. The normalized spacial score (nSPS) is 22.0. The molecule has 4 rings (SSSR count). The van der Waals surface area contributed by atoms with Gasteiger partial charge in [-0.05, 0) is 61.1 Å². The van der Waals surface area contributed by atoms with Crippen molar-refractivity contribution in [2.45, 2.75) is 46.3 Å². The zero-order valence-corrected chi connectivity index (χ0v) is 18.6. The van der Waals surface area contributed by atoms with Gasteiger partial charge in [-0.15, -0.1) is 0 Å². The van der Waals surface area contributed by atoms with Gasteiger partial charge in [-0.2, -0.15) is 0 Å². The first kappa shape index (κ1) is 21.8. The number of fused-ring (bicyclic) bond motifs is 1. The zero-order valence-electron chi connectivity index (χ0n) is 18.6. The summed E-state index contributed by atoms with van der Waals surface area (Å²) in [5.74, 6) is 0.566. The second-order valence-corrected chi connectivity index (χ2v) is 8.73. The molecule has 2 aliphatic rings. The highest BCUT2D eigenvalue weighted by molar-refractivity contribution is 5.79. The molecular weight excluding hydrogens is 392 g/mol. The maximum absolute atomic E-state index is 13.1. The lowest BCUT2D eigenvalue weighted by Crippen LogP contribution is -2.46. The van der Waals surface area contributed by atoms with E-state index < -0.39 is 6.10 Å². The Morgan fingerprint density at radius 1 is 1.35 bits per heavy atom. The summed E-state index contributed by atoms with van der Waals surface area (Å²) in [5.41, 5.74) is 5.24. The van der Waals surface area contributed by atoms with Gasteiger partial charge in [0.05, 0.1) is 19.3 Å². The quantitative estimate of drug-likeness (QED) is 0.797. The molecule has 2 heterocycles. The molecule has 0 saturated carbocycles. The fraction of sp³-hybridized carbons (Fsp3) is 0.520. The van der Waals surface area contributed by atoms with E-state index >= 15 is 0 Å². The molecule has 166 valence electrons. The van der Waals surface area contributed by atoms with E-state index in [-0.39, 0.29) is 17.7 Å². The predicted octanol–water partition coefficient (Wildman–Crippen LogP) is 3.37. The summed E-state index contributed by atoms with van der Waals surface area (Å²) in [4.78, 5) is 19.1. The summed E-state index contributed by atoms with van der Waals surface area (Å²) in [6, 6.07) is 5.95. The van der Waals surface area contributed by atoms with Crippen molar-refractivity contribution in [2.24, 2.45) is 11.8 Å². The number of hydrogen-bond acceptors (Lipinski definition) is 5. The molecule has 1 saturated heterocycles. The van der Waals surface area contributed by atoms with Crippen LogP contribution in [-0.2, 0) is 22.6 Å². The van der Waals surface area contributed by atoms with Crippen LogP contribution in [-0.4, -0.2) is 47.2 Å². The fourth-order valence-corrected chi connectivity index (χ4v) is 4.95. The van der Waals surface area contributed by atoms with E-state index in [0.717, 1.165) is 40.8 Å². The van der Waals surface area contributed by atoms with Crippen LogP contribution in [0.4, 0.5) is 0 Å². The number of nitrogens with zero attached hydrogens (tertiary/aromatic N) is 2. The van der Waals surface area contributed by atoms with E-state index in [4.69, 9.17) is 9.47 Å². The third-order valence-electron chi connectivity index (χ3n) is 6.82. The number of rotatable bonds is 5. The minimum atomic E-state index is -0.676. The van der Waals surface area contributed by atoms with Crippen molar-refractivity contribution in [3.63, 3.8) is 0 Å². The Kier molecular flexibility index (Phi) is 6.58. The lowest BCUT2D eigenvalue weighted by atomic mass is 9.72. The zero-order chi connectivity index (χ0) is 22.0. The Morgan fingerprint density at radius 3 is 2.84 bits per heavy atom. The molecule has 6 heteroatoms. The fourth-order valence-electron chi connectivity index (χ4n) is 4.95. The third-order valence-corrected chi connectivity index (χ3v) is 6.82. The first-order chi connectivity index (χ1) is 15.0. The summed E-state index contributed by atoms with van der Waals surface area (Å²) in [5, 5.41) is 11.4. The second kappa shape index (κ2) is 9.37. The van der Waals surface area contributed by atoms with Crippen LogP contribution in [0.5, 0.6) is 5.75 Å². The molecule has 31 heavy (non-hydrogen) atoms. The van der Waals surface area contributed by atoms with E-state index in [1.807, 2.05) is 30.9 Å². The summed E-state index contributed by atoms with van der Waals surface area (Å²) in [6.45, 7) is 8.91. The topological polar surface area (TPSA) is 71.9 Å². The smallest absolute Gasteiger partial charge is 0.225 e. The van der Waals surface area contributed by atoms with Crippen molar-refractivity contribution >= 4 is 5.91 Å². The van der Waals surface area contributed by atoms with E-state index in [2.05, 4.69) is 18.0 Å². The lowest BCUT2D eigenvalue weighted by Gasteiger charge is -2.38. The van der Waals surface area contributed by atoms with Crippen LogP contribution < -0.4 is 4.74 Å². The standard InChI is InChI=1S/C25H32N2O4/c1-16-13-22(31-15-19-5-4-8-26-14-19)18(3)23-20(16)6-7-21(24(23)28)17(2)25(29)27-9-11-30-12-10-27/h4-5,8,13-14,17,21,24,28H,6-7,9-12,15H2,1-3H3/t17-,21+,24+/m0/s1. The summed E-state index contributed by atoms with van der Waals surface area (Å²) in [6.07, 6.45) is 4.54. The number of amides is 1. The average molecular weight is 425 g/mol. The van der Waals surface area contributed by atoms with Crippen LogP contribution in [0.25, 0.3) is 0 Å². The number of morpholine rings is 1. The molecule has 1 aromatic carbocycles. The predicted molar refractivity (Wildman–Crippen MR) is 118 cm³/mol. The summed E-state index contributed by atoms with van der Waals surface area (Å²) in [7, 11) is 0. The number of aliphatic hydroxyl groups is 1. The molecule has 0 radical (unpaired) electrons. The van der Waals surface area contributed by atoms with E-state index in [0.29, 0.717) is 32.9 Å². The largest absolute Gasteiger partial charge is 0.489 e. The maximum Gasteiger partial charge on any atom is 0.225 e. The SMILES string of the molecule is Cc1cc(OCc2cccnc2)c(C)c2c1CC[C@H]([C@H](C)C(=O)N1CCOCC1)[C@H]2O. The molecule has 1 aromatic heterocycles. The van der Waals surface area contributed by atoms with Gasteiger partial charge < -0.3 is 19.5 Å². The first-order valence-electron chi connectivity index (χ1n) is 11.2. The number of benzene rings is 1. The van der Waals surface area contributed by atoms with Crippen LogP contribution in [0.2, 0.25) is 0 Å². The van der Waals surface area contributed by atoms with Crippen LogP contribution >= 0.6 is 0 Å². The summed E-state index contributed by atoms with van der Waals surface area (Å²) < 4.78 is 11.5. The van der Waals surface area contributed by atoms with Gasteiger partial charge in [-0.3, -0.25) is 9.78 Å². The van der Waals surface area contributed by atoms with Crippen LogP contribution in [0.1, 0.15) is 47.3 Å². The molecule has 0 bridgehead atoms. The minimum Gasteiger partial charge on any atom is -0.489 e. The molecule has 0 spiro atoms. The maximum atomic E-state index is 13.1. The average Bonchev–Trinajstić information content (AvgIpc) is 2.80. The Balaban J connectivity index is 1.55. The summed E-state index contributed by atoms with van der Waals surface area (Å²) >= 11 is 0. The van der Waals surface area contributed by atoms with E-state index in [9.17, 15) is 9.90 Å². The van der Waals surface area contributed by atoms with Gasteiger partial charge in [-0.1, -0.05) is 13.0 Å². The monoisotopic (exact) mass is 424 g/mol. The highest BCUT2D eigenvalue weighted by atomic mass is 16.5. The molecule has 1 N–H and O–H groups in total. The number of aliphatic hydroxyl groups excluding tert-OH is 1. The number of carbonyl (C=O) groups is 1. The van der Waals surface area contributed by atoms with Gasteiger partial charge in [-0.25, -0.2) is 0 Å². The van der Waals surface area contributed by atoms with Crippen LogP contribution in [0.3, 0.4) is 0 Å². The molecule has 0 unspecified atom stereocenters. The van der Waals surface area contributed by atoms with Crippen LogP contribution in [0, 0.1) is 25.7 Å². The number of aryl methyl sites for hydroxylation is 1. The van der Waals surface area contributed by atoms with Gasteiger partial charge in [0.1, 0.15) is 12.4 Å². The Morgan fingerprint density at radius 2 is 2.13 bits per heavy atom. The molecule has 2 aromatic rings. The highest BCUT2D eigenvalue weighted by Crippen LogP contribution is 2.44. The van der Waals surface area contributed by atoms with Gasteiger partial charge in [0.25, 0.3) is 0 Å². The number of pyridine rings is 1. The second-order valence-electron chi connectivity index (χ2n) is 8.73. The molecule has 1 aliphatic carbocycles. The Bertz CT molecular complexity index is 925. The van der Waals surface area contributed by atoms with E-state index in [1.54, 1.807) is 12.4 Å². The van der Waals surface area contributed by atoms with E-state index in [1.165, 1.54) is 5.56 Å². The van der Waals surface area contributed by atoms with Crippen molar-refractivity contribution in [2.75, 3.05) is 26.3 Å². The number of aromatic nitrogens is 1.